The van der Waals surface area contributed by atoms with Crippen LogP contribution < -0.4 is 10.1 Å². The van der Waals surface area contributed by atoms with Gasteiger partial charge in [-0.25, -0.2) is 0 Å². The molecule has 2 saturated heterocycles. The summed E-state index contributed by atoms with van der Waals surface area (Å²) in [4.78, 5) is 2.80. The Labute approximate surface area is 188 Å². The molecule has 0 radical (unpaired) electrons. The number of likely N-dealkylation sites (tertiary alicyclic amines) is 1. The molecule has 1 N–H and O–H groups in total. The molecule has 6 rings (SSSR count). The van der Waals surface area contributed by atoms with E-state index in [0.717, 1.165) is 30.6 Å². The second kappa shape index (κ2) is 8.35. The molecule has 5 aliphatic rings. The highest BCUT2D eigenvalue weighted by molar-refractivity contribution is 5.46. The smallest absolute Gasteiger partial charge is 0.119 e. The van der Waals surface area contributed by atoms with Crippen molar-refractivity contribution in [2.24, 2.45) is 11.8 Å². The highest BCUT2D eigenvalue weighted by Crippen LogP contribution is 2.52. The van der Waals surface area contributed by atoms with Gasteiger partial charge in [0.2, 0.25) is 0 Å². The maximum Gasteiger partial charge on any atom is 0.119 e. The first-order chi connectivity index (χ1) is 15.2. The second-order valence-electron chi connectivity index (χ2n) is 11.2. The SMILES string of the molecule is COc1ccc2c(c1)[C@]13CCN(CC4CC4)[C@H](C2)C1OCC(NCC1CCCCC1)C3. The lowest BCUT2D eigenvalue weighted by molar-refractivity contribution is -0.138. The topological polar surface area (TPSA) is 33.7 Å². The number of methoxy groups -OCH3 is 1. The molecule has 0 amide bonds. The molecule has 3 aliphatic carbocycles. The zero-order valence-electron chi connectivity index (χ0n) is 19.3. The van der Waals surface area contributed by atoms with Crippen LogP contribution in [0.25, 0.3) is 0 Å². The van der Waals surface area contributed by atoms with E-state index in [1.807, 2.05) is 0 Å². The van der Waals surface area contributed by atoms with Crippen molar-refractivity contribution in [3.8, 4) is 5.75 Å². The van der Waals surface area contributed by atoms with Gasteiger partial charge in [-0.3, -0.25) is 4.90 Å². The number of nitrogens with zero attached hydrogens (tertiary/aromatic N) is 1. The fourth-order valence-electron chi connectivity index (χ4n) is 7.32. The summed E-state index contributed by atoms with van der Waals surface area (Å²) in [5, 5.41) is 3.97. The van der Waals surface area contributed by atoms with Gasteiger partial charge in [0, 0.05) is 24.0 Å². The molecular formula is C27H40N2O2. The zero-order chi connectivity index (χ0) is 20.8. The maximum atomic E-state index is 6.81. The van der Waals surface area contributed by atoms with Crippen LogP contribution in [0.3, 0.4) is 0 Å². The molecule has 2 saturated carbocycles. The molecular weight excluding hydrogens is 384 g/mol. The van der Waals surface area contributed by atoms with E-state index in [1.54, 1.807) is 12.7 Å². The lowest BCUT2D eigenvalue weighted by atomic mass is 9.58. The van der Waals surface area contributed by atoms with E-state index in [2.05, 4.69) is 28.4 Å². The number of benzene rings is 1. The first-order valence-electron chi connectivity index (χ1n) is 13.0. The van der Waals surface area contributed by atoms with Crippen LogP contribution in [-0.4, -0.2) is 56.4 Å². The van der Waals surface area contributed by atoms with Crippen molar-refractivity contribution in [1.29, 1.82) is 0 Å². The molecule has 4 nitrogen and oxygen atoms in total. The Morgan fingerprint density at radius 2 is 2.00 bits per heavy atom. The molecule has 2 unspecified atom stereocenters. The van der Waals surface area contributed by atoms with Crippen LogP contribution in [0.15, 0.2) is 18.2 Å². The van der Waals surface area contributed by atoms with Gasteiger partial charge < -0.3 is 14.8 Å². The first-order valence-corrected chi connectivity index (χ1v) is 13.0. The van der Waals surface area contributed by atoms with E-state index in [9.17, 15) is 0 Å². The van der Waals surface area contributed by atoms with Gasteiger partial charge in [0.1, 0.15) is 5.75 Å². The fourth-order valence-corrected chi connectivity index (χ4v) is 7.32. The Morgan fingerprint density at radius 3 is 2.81 bits per heavy atom. The zero-order valence-corrected chi connectivity index (χ0v) is 19.3. The van der Waals surface area contributed by atoms with Crippen molar-refractivity contribution < 1.29 is 9.47 Å². The van der Waals surface area contributed by atoms with Crippen LogP contribution in [0.2, 0.25) is 0 Å². The van der Waals surface area contributed by atoms with Gasteiger partial charge in [0.15, 0.2) is 0 Å². The lowest BCUT2D eigenvalue weighted by Gasteiger charge is -2.59. The van der Waals surface area contributed by atoms with Crippen molar-refractivity contribution in [2.75, 3.05) is 33.4 Å². The van der Waals surface area contributed by atoms with E-state index >= 15 is 0 Å². The summed E-state index contributed by atoms with van der Waals surface area (Å²) in [5.41, 5.74) is 3.22. The molecule has 2 bridgehead atoms. The highest BCUT2D eigenvalue weighted by atomic mass is 16.5. The quantitative estimate of drug-likeness (QED) is 0.738. The van der Waals surface area contributed by atoms with Gasteiger partial charge in [-0.05, 0) is 93.1 Å². The molecule has 2 aliphatic heterocycles. The van der Waals surface area contributed by atoms with Crippen LogP contribution in [0.4, 0.5) is 0 Å². The Hall–Kier alpha value is -1.10. The van der Waals surface area contributed by atoms with Crippen LogP contribution >= 0.6 is 0 Å². The molecule has 2 heterocycles. The van der Waals surface area contributed by atoms with Crippen LogP contribution in [-0.2, 0) is 16.6 Å². The van der Waals surface area contributed by atoms with Crippen molar-refractivity contribution >= 4 is 0 Å². The number of rotatable bonds is 6. The number of fused-ring (bicyclic) bond motifs is 1. The summed E-state index contributed by atoms with van der Waals surface area (Å²) in [6.45, 7) is 4.58. The third-order valence-electron chi connectivity index (χ3n) is 9.19. The molecule has 4 atom stereocenters. The average Bonchev–Trinajstić information content (AvgIpc) is 3.64. The largest absolute Gasteiger partial charge is 0.497 e. The van der Waals surface area contributed by atoms with Crippen LogP contribution in [0.5, 0.6) is 5.75 Å². The second-order valence-corrected chi connectivity index (χ2v) is 11.2. The third-order valence-corrected chi connectivity index (χ3v) is 9.19. The summed E-state index contributed by atoms with van der Waals surface area (Å²) < 4.78 is 12.5. The van der Waals surface area contributed by atoms with Crippen molar-refractivity contribution in [1.82, 2.24) is 10.2 Å². The van der Waals surface area contributed by atoms with E-state index in [-0.39, 0.29) is 5.41 Å². The molecule has 4 heteroatoms. The number of ether oxygens (including phenoxy) is 2. The van der Waals surface area contributed by atoms with Gasteiger partial charge in [-0.15, -0.1) is 0 Å². The summed E-state index contributed by atoms with van der Waals surface area (Å²) >= 11 is 0. The maximum absolute atomic E-state index is 6.81. The van der Waals surface area contributed by atoms with Gasteiger partial charge in [-0.2, -0.15) is 0 Å². The van der Waals surface area contributed by atoms with Crippen molar-refractivity contribution in [3.63, 3.8) is 0 Å². The molecule has 4 fully saturated rings. The Morgan fingerprint density at radius 1 is 1.13 bits per heavy atom. The predicted molar refractivity (Wildman–Crippen MR) is 124 cm³/mol. The lowest BCUT2D eigenvalue weighted by Crippen LogP contribution is -2.68. The van der Waals surface area contributed by atoms with Gasteiger partial charge in [0.05, 0.1) is 19.8 Å². The number of piperidine rings is 1. The van der Waals surface area contributed by atoms with Gasteiger partial charge >= 0.3 is 0 Å². The van der Waals surface area contributed by atoms with Gasteiger partial charge in [0.25, 0.3) is 0 Å². The fraction of sp³-hybridized carbons (Fsp3) is 0.778. The average molecular weight is 425 g/mol. The molecule has 170 valence electrons. The Kier molecular flexibility index (Phi) is 5.52. The normalized spacial score (nSPS) is 36.0. The summed E-state index contributed by atoms with van der Waals surface area (Å²) in [5.74, 6) is 2.82. The molecule has 31 heavy (non-hydrogen) atoms. The Bertz CT molecular complexity index is 787. The van der Waals surface area contributed by atoms with E-state index in [1.165, 1.54) is 83.0 Å². The third kappa shape index (κ3) is 3.83. The Balaban J connectivity index is 1.26. The van der Waals surface area contributed by atoms with E-state index in [4.69, 9.17) is 9.47 Å². The highest BCUT2D eigenvalue weighted by Gasteiger charge is 2.57. The summed E-state index contributed by atoms with van der Waals surface area (Å²) in [6, 6.07) is 7.89. The monoisotopic (exact) mass is 424 g/mol. The minimum atomic E-state index is 0.148. The number of hydrogen-bond donors (Lipinski definition) is 1. The predicted octanol–water partition coefficient (Wildman–Crippen LogP) is 4.30. The molecule has 0 aromatic heterocycles. The van der Waals surface area contributed by atoms with Gasteiger partial charge in [-0.1, -0.05) is 25.3 Å². The number of hydrogen-bond acceptors (Lipinski definition) is 4. The van der Waals surface area contributed by atoms with Crippen molar-refractivity contribution in [2.45, 2.75) is 87.8 Å². The summed E-state index contributed by atoms with van der Waals surface area (Å²) in [7, 11) is 1.80. The van der Waals surface area contributed by atoms with Crippen LogP contribution in [0, 0.1) is 11.8 Å². The number of nitrogens with one attached hydrogen (secondary N) is 1. The molecule has 0 spiro atoms. The van der Waals surface area contributed by atoms with E-state index in [0.29, 0.717) is 18.2 Å². The minimum Gasteiger partial charge on any atom is -0.497 e. The van der Waals surface area contributed by atoms with E-state index < -0.39 is 0 Å². The minimum absolute atomic E-state index is 0.148. The standard InChI is InChI=1S/C27H40N2O2/c1-30-23-10-9-21-13-25-26-27(24(21)14-23,11-12-29(25)17-20-7-8-20)15-22(18-31-26)28-16-19-5-3-2-4-6-19/h9-10,14,19-20,22,25-26,28H,2-8,11-13,15-18H2,1H3/t22?,25-,26?,27-/m1/s1. The van der Waals surface area contributed by atoms with Crippen molar-refractivity contribution in [3.05, 3.63) is 29.3 Å². The van der Waals surface area contributed by atoms with Crippen LogP contribution in [0.1, 0.15) is 68.9 Å². The first kappa shape index (κ1) is 20.5. The summed E-state index contributed by atoms with van der Waals surface area (Å²) in [6.07, 6.45) is 13.9. The molecule has 1 aromatic rings. The molecule has 1 aromatic carbocycles.